The maximum Gasteiger partial charge on any atom is 0.387 e. The van der Waals surface area contributed by atoms with E-state index in [1.165, 1.54) is 24.3 Å². The Hall–Kier alpha value is -1.25. The summed E-state index contributed by atoms with van der Waals surface area (Å²) in [5.41, 5.74) is 5.35. The van der Waals surface area contributed by atoms with Crippen LogP contribution in [0.4, 0.5) is 8.78 Å². The summed E-state index contributed by atoms with van der Waals surface area (Å²) >= 11 is 0. The van der Waals surface area contributed by atoms with Crippen LogP contribution in [-0.2, 0) is 10.0 Å². The third-order valence-corrected chi connectivity index (χ3v) is 4.82. The molecule has 0 aromatic heterocycles. The molecule has 0 aliphatic rings. The number of nitrogens with one attached hydrogen (secondary N) is 1. The second-order valence-corrected chi connectivity index (χ2v) is 6.45. The number of hydrogen-bond acceptors (Lipinski definition) is 4. The average molecular weight is 322 g/mol. The van der Waals surface area contributed by atoms with Crippen molar-refractivity contribution in [1.29, 1.82) is 0 Å². The molecule has 5 nitrogen and oxygen atoms in total. The van der Waals surface area contributed by atoms with Gasteiger partial charge in [-0.25, -0.2) is 13.1 Å². The molecule has 0 heterocycles. The van der Waals surface area contributed by atoms with Crippen LogP contribution in [0.25, 0.3) is 0 Å². The molecule has 1 rings (SSSR count). The standard InChI is InChI=1S/C13H20F2N2O3S/c1-3-13(16,4-2)9-17-21(18,19)11-8-6-5-7-10(11)20-12(14)15/h5-8,12,17H,3-4,9,16H2,1-2H3. The quantitative estimate of drug-likeness (QED) is 0.768. The number of sulfonamides is 1. The molecular weight excluding hydrogens is 302 g/mol. The number of hydrogen-bond donors (Lipinski definition) is 2. The first kappa shape index (κ1) is 17.8. The molecule has 0 atom stereocenters. The van der Waals surface area contributed by atoms with Crippen molar-refractivity contribution in [3.05, 3.63) is 24.3 Å². The molecule has 8 heteroatoms. The fourth-order valence-electron chi connectivity index (χ4n) is 1.68. The van der Waals surface area contributed by atoms with E-state index in [0.29, 0.717) is 12.8 Å². The molecule has 0 aliphatic carbocycles. The second-order valence-electron chi connectivity index (χ2n) is 4.72. The average Bonchev–Trinajstić information content (AvgIpc) is 2.45. The Morgan fingerprint density at radius 3 is 2.38 bits per heavy atom. The molecule has 0 saturated carbocycles. The van der Waals surface area contributed by atoms with Gasteiger partial charge in [0.1, 0.15) is 10.6 Å². The predicted octanol–water partition coefficient (Wildman–Crippen LogP) is 2.08. The molecule has 0 spiro atoms. The van der Waals surface area contributed by atoms with E-state index in [-0.39, 0.29) is 11.4 Å². The summed E-state index contributed by atoms with van der Waals surface area (Å²) in [5, 5.41) is 0. The summed E-state index contributed by atoms with van der Waals surface area (Å²) in [5.74, 6) is -0.393. The van der Waals surface area contributed by atoms with Gasteiger partial charge in [-0.15, -0.1) is 0 Å². The number of ether oxygens (including phenoxy) is 1. The van der Waals surface area contributed by atoms with Gasteiger partial charge in [-0.1, -0.05) is 26.0 Å². The van der Waals surface area contributed by atoms with E-state index in [4.69, 9.17) is 5.73 Å². The van der Waals surface area contributed by atoms with Crippen LogP contribution in [0.5, 0.6) is 5.75 Å². The van der Waals surface area contributed by atoms with Gasteiger partial charge in [0.2, 0.25) is 10.0 Å². The van der Waals surface area contributed by atoms with Crippen LogP contribution in [-0.4, -0.2) is 27.1 Å². The molecule has 0 saturated heterocycles. The van der Waals surface area contributed by atoms with E-state index in [2.05, 4.69) is 9.46 Å². The fourth-order valence-corrected chi connectivity index (χ4v) is 2.95. The lowest BCUT2D eigenvalue weighted by Crippen LogP contribution is -2.49. The van der Waals surface area contributed by atoms with Crippen molar-refractivity contribution in [3.8, 4) is 5.75 Å². The molecule has 1 aromatic rings. The van der Waals surface area contributed by atoms with Gasteiger partial charge in [-0.2, -0.15) is 8.78 Å². The topological polar surface area (TPSA) is 81.4 Å². The summed E-state index contributed by atoms with van der Waals surface area (Å²) < 4.78 is 55.7. The summed E-state index contributed by atoms with van der Waals surface area (Å²) in [7, 11) is -3.98. The van der Waals surface area contributed by atoms with Crippen molar-refractivity contribution in [3.63, 3.8) is 0 Å². The van der Waals surface area contributed by atoms with Crippen LogP contribution in [0.3, 0.4) is 0 Å². The van der Waals surface area contributed by atoms with E-state index in [1.54, 1.807) is 0 Å². The Morgan fingerprint density at radius 1 is 1.29 bits per heavy atom. The normalized spacial score (nSPS) is 12.7. The predicted molar refractivity (Wildman–Crippen MR) is 75.8 cm³/mol. The van der Waals surface area contributed by atoms with Gasteiger partial charge in [0.05, 0.1) is 0 Å². The summed E-state index contributed by atoms with van der Waals surface area (Å²) in [6, 6.07) is 5.23. The largest absolute Gasteiger partial charge is 0.433 e. The van der Waals surface area contributed by atoms with Crippen LogP contribution in [0, 0.1) is 0 Å². The lowest BCUT2D eigenvalue weighted by molar-refractivity contribution is -0.0517. The van der Waals surface area contributed by atoms with Gasteiger partial charge < -0.3 is 10.5 Å². The van der Waals surface area contributed by atoms with Crippen LogP contribution in [0.2, 0.25) is 0 Å². The molecule has 21 heavy (non-hydrogen) atoms. The van der Waals surface area contributed by atoms with Gasteiger partial charge in [-0.3, -0.25) is 0 Å². The van der Waals surface area contributed by atoms with Crippen LogP contribution in [0.15, 0.2) is 29.2 Å². The molecule has 1 aromatic carbocycles. The monoisotopic (exact) mass is 322 g/mol. The van der Waals surface area contributed by atoms with E-state index >= 15 is 0 Å². The zero-order valence-corrected chi connectivity index (χ0v) is 12.8. The van der Waals surface area contributed by atoms with Crippen LogP contribution in [0.1, 0.15) is 26.7 Å². The van der Waals surface area contributed by atoms with Gasteiger partial charge in [-0.05, 0) is 25.0 Å². The highest BCUT2D eigenvalue weighted by molar-refractivity contribution is 7.89. The molecule has 0 bridgehead atoms. The number of halogens is 2. The Labute approximate surface area is 123 Å². The van der Waals surface area contributed by atoms with Crippen molar-refractivity contribution in [2.45, 2.75) is 43.7 Å². The molecule has 3 N–H and O–H groups in total. The summed E-state index contributed by atoms with van der Waals surface area (Å²) in [4.78, 5) is -0.333. The van der Waals surface area contributed by atoms with Gasteiger partial charge in [0.25, 0.3) is 0 Å². The van der Waals surface area contributed by atoms with E-state index in [1.807, 2.05) is 13.8 Å². The lowest BCUT2D eigenvalue weighted by atomic mass is 9.95. The van der Waals surface area contributed by atoms with E-state index < -0.39 is 27.9 Å². The smallest absolute Gasteiger partial charge is 0.387 e. The maximum absolute atomic E-state index is 12.3. The third-order valence-electron chi connectivity index (χ3n) is 3.38. The molecule has 0 amide bonds. The van der Waals surface area contributed by atoms with Gasteiger partial charge in [0.15, 0.2) is 0 Å². The zero-order valence-electron chi connectivity index (χ0n) is 12.0. The van der Waals surface area contributed by atoms with E-state index in [9.17, 15) is 17.2 Å². The SMILES string of the molecule is CCC(N)(CC)CNS(=O)(=O)c1ccccc1OC(F)F. The Balaban J connectivity index is 2.98. The fraction of sp³-hybridized carbons (Fsp3) is 0.538. The minimum absolute atomic E-state index is 0.0192. The van der Waals surface area contributed by atoms with Crippen LogP contribution < -0.4 is 15.2 Å². The number of para-hydroxylation sites is 1. The summed E-state index contributed by atoms with van der Waals surface area (Å²) in [6.07, 6.45) is 1.17. The van der Waals surface area contributed by atoms with Crippen molar-refractivity contribution in [2.75, 3.05) is 6.54 Å². The first-order valence-corrected chi connectivity index (χ1v) is 8.05. The van der Waals surface area contributed by atoms with Crippen LogP contribution >= 0.6 is 0 Å². The highest BCUT2D eigenvalue weighted by atomic mass is 32.2. The minimum atomic E-state index is -3.98. The maximum atomic E-state index is 12.3. The number of rotatable bonds is 8. The van der Waals surface area contributed by atoms with Gasteiger partial charge in [0, 0.05) is 12.1 Å². The number of benzene rings is 1. The first-order chi connectivity index (χ1) is 9.74. The molecule has 120 valence electrons. The van der Waals surface area contributed by atoms with Crippen molar-refractivity contribution >= 4 is 10.0 Å². The number of alkyl halides is 2. The summed E-state index contributed by atoms with van der Waals surface area (Å²) in [6.45, 7) is 0.629. The van der Waals surface area contributed by atoms with Gasteiger partial charge >= 0.3 is 6.61 Å². The molecule has 0 fully saturated rings. The Kier molecular flexibility index (Phi) is 6.06. The second kappa shape index (κ2) is 7.15. The van der Waals surface area contributed by atoms with Crippen molar-refractivity contribution < 1.29 is 21.9 Å². The van der Waals surface area contributed by atoms with E-state index in [0.717, 1.165) is 0 Å². The van der Waals surface area contributed by atoms with Crippen molar-refractivity contribution in [1.82, 2.24) is 4.72 Å². The highest BCUT2D eigenvalue weighted by Crippen LogP contribution is 2.25. The van der Waals surface area contributed by atoms with Crippen molar-refractivity contribution in [2.24, 2.45) is 5.73 Å². The highest BCUT2D eigenvalue weighted by Gasteiger charge is 2.26. The first-order valence-electron chi connectivity index (χ1n) is 6.56. The zero-order chi connectivity index (χ0) is 16.1. The Morgan fingerprint density at radius 2 is 1.86 bits per heavy atom. The number of nitrogens with two attached hydrogens (primary N) is 1. The Bertz CT molecular complexity index is 560. The molecular formula is C13H20F2N2O3S. The molecule has 0 unspecified atom stereocenters. The third kappa shape index (κ3) is 4.90. The lowest BCUT2D eigenvalue weighted by Gasteiger charge is -2.26. The molecule has 0 aliphatic heterocycles. The minimum Gasteiger partial charge on any atom is -0.433 e. The molecule has 0 radical (unpaired) electrons.